The lowest BCUT2D eigenvalue weighted by Crippen LogP contribution is -2.08. The summed E-state index contributed by atoms with van der Waals surface area (Å²) >= 11 is 0. The highest BCUT2D eigenvalue weighted by Crippen LogP contribution is 2.32. The van der Waals surface area contributed by atoms with Crippen LogP contribution in [-0.2, 0) is 30.2 Å². The number of benzene rings is 3. The molecule has 0 spiro atoms. The van der Waals surface area contributed by atoms with Gasteiger partial charge in [0.25, 0.3) is 0 Å². The van der Waals surface area contributed by atoms with Crippen molar-refractivity contribution in [2.24, 2.45) is 0 Å². The number of alkyl halides is 3. The zero-order chi connectivity index (χ0) is 25.0. The highest BCUT2D eigenvalue weighted by atomic mass is 19.4. The number of nitrogens with zero attached hydrogens (tertiary/aromatic N) is 2. The van der Waals surface area contributed by atoms with Crippen molar-refractivity contribution in [3.05, 3.63) is 94.8 Å². The Balaban J connectivity index is 1.49. The SMILES string of the molecule is COCCCc1cnc(-c2ccc3c(F)c(CCc4ccc(C(F)(F)F)c(F)c4)ccc3c2)nc1. The number of halogens is 5. The van der Waals surface area contributed by atoms with E-state index >= 15 is 4.39 Å². The van der Waals surface area contributed by atoms with E-state index in [1.807, 2.05) is 6.07 Å². The second kappa shape index (κ2) is 10.5. The predicted molar refractivity (Wildman–Crippen MR) is 124 cm³/mol. The van der Waals surface area contributed by atoms with Crippen LogP contribution >= 0.6 is 0 Å². The van der Waals surface area contributed by atoms with Crippen molar-refractivity contribution >= 4 is 10.8 Å². The van der Waals surface area contributed by atoms with Crippen LogP contribution in [0.25, 0.3) is 22.2 Å². The standard InChI is InChI=1S/C27H23F5N2O/c1-35-12-2-3-18-15-33-26(34-16-18)21-9-10-22-20(14-21)8-7-19(25(22)29)6-4-17-5-11-23(24(28)13-17)27(30,31)32/h5,7-11,13-16H,2-4,6,12H2,1H3. The molecule has 0 aliphatic heterocycles. The summed E-state index contributed by atoms with van der Waals surface area (Å²) in [6, 6.07) is 11.4. The number of hydrogen-bond donors (Lipinski definition) is 0. The summed E-state index contributed by atoms with van der Waals surface area (Å²) in [4.78, 5) is 8.84. The molecule has 0 aliphatic carbocycles. The molecule has 0 radical (unpaired) electrons. The monoisotopic (exact) mass is 486 g/mol. The van der Waals surface area contributed by atoms with Crippen LogP contribution in [0.15, 0.2) is 60.9 Å². The third kappa shape index (κ3) is 5.82. The molecule has 35 heavy (non-hydrogen) atoms. The van der Waals surface area contributed by atoms with E-state index in [-0.39, 0.29) is 12.8 Å². The molecular formula is C27H23F5N2O. The topological polar surface area (TPSA) is 35.0 Å². The lowest BCUT2D eigenvalue weighted by atomic mass is 9.98. The fraction of sp³-hybridized carbons (Fsp3) is 0.259. The van der Waals surface area contributed by atoms with E-state index in [4.69, 9.17) is 4.74 Å². The van der Waals surface area contributed by atoms with Crippen LogP contribution < -0.4 is 0 Å². The summed E-state index contributed by atoms with van der Waals surface area (Å²) < 4.78 is 72.2. The van der Waals surface area contributed by atoms with E-state index in [2.05, 4.69) is 9.97 Å². The molecule has 3 aromatic carbocycles. The number of rotatable bonds is 8. The van der Waals surface area contributed by atoms with Crippen LogP contribution in [0.5, 0.6) is 0 Å². The summed E-state index contributed by atoms with van der Waals surface area (Å²) in [5.74, 6) is -1.20. The van der Waals surface area contributed by atoms with Crippen molar-refractivity contribution < 1.29 is 26.7 Å². The molecule has 182 valence electrons. The fourth-order valence-electron chi connectivity index (χ4n) is 3.95. The van der Waals surface area contributed by atoms with Gasteiger partial charge in [-0.05, 0) is 66.0 Å². The third-order valence-corrected chi connectivity index (χ3v) is 5.83. The van der Waals surface area contributed by atoms with Crippen molar-refractivity contribution in [1.29, 1.82) is 0 Å². The minimum absolute atomic E-state index is 0.208. The Hall–Kier alpha value is -3.39. The molecule has 8 heteroatoms. The summed E-state index contributed by atoms with van der Waals surface area (Å²) in [5, 5.41) is 1.10. The van der Waals surface area contributed by atoms with Crippen molar-refractivity contribution in [1.82, 2.24) is 9.97 Å². The Morgan fingerprint density at radius 1 is 0.829 bits per heavy atom. The molecule has 1 aromatic heterocycles. The molecule has 1 heterocycles. The molecule has 0 bridgehead atoms. The van der Waals surface area contributed by atoms with E-state index in [9.17, 15) is 17.6 Å². The number of aryl methyl sites for hydroxylation is 3. The van der Waals surface area contributed by atoms with E-state index in [1.165, 1.54) is 6.07 Å². The zero-order valence-electron chi connectivity index (χ0n) is 19.0. The van der Waals surface area contributed by atoms with Gasteiger partial charge in [0.05, 0.1) is 5.56 Å². The minimum atomic E-state index is -4.75. The number of fused-ring (bicyclic) bond motifs is 1. The highest BCUT2D eigenvalue weighted by Gasteiger charge is 2.33. The van der Waals surface area contributed by atoms with E-state index in [1.54, 1.807) is 43.8 Å². The molecule has 0 atom stereocenters. The largest absolute Gasteiger partial charge is 0.419 e. The summed E-state index contributed by atoms with van der Waals surface area (Å²) in [5.41, 5.74) is 1.23. The van der Waals surface area contributed by atoms with Crippen molar-refractivity contribution in [2.75, 3.05) is 13.7 Å². The Labute approximate surface area is 199 Å². The van der Waals surface area contributed by atoms with Crippen molar-refractivity contribution in [3.63, 3.8) is 0 Å². The van der Waals surface area contributed by atoms with Gasteiger partial charge >= 0.3 is 6.18 Å². The first-order valence-corrected chi connectivity index (χ1v) is 11.1. The number of methoxy groups -OCH3 is 1. The quantitative estimate of drug-likeness (QED) is 0.200. The molecule has 3 nitrogen and oxygen atoms in total. The minimum Gasteiger partial charge on any atom is -0.385 e. The van der Waals surface area contributed by atoms with Gasteiger partial charge in [-0.1, -0.05) is 30.3 Å². The van der Waals surface area contributed by atoms with E-state index in [0.717, 1.165) is 36.1 Å². The van der Waals surface area contributed by atoms with Crippen LogP contribution in [0.2, 0.25) is 0 Å². The second-order valence-corrected chi connectivity index (χ2v) is 8.30. The maximum Gasteiger partial charge on any atom is 0.419 e. The number of hydrogen-bond acceptors (Lipinski definition) is 3. The second-order valence-electron chi connectivity index (χ2n) is 8.30. The third-order valence-electron chi connectivity index (χ3n) is 5.83. The van der Waals surface area contributed by atoms with Crippen LogP contribution in [0.3, 0.4) is 0 Å². The molecule has 0 aliphatic rings. The van der Waals surface area contributed by atoms with Crippen molar-refractivity contribution in [2.45, 2.75) is 31.9 Å². The van der Waals surface area contributed by atoms with Crippen LogP contribution in [0, 0.1) is 11.6 Å². The smallest absolute Gasteiger partial charge is 0.385 e. The van der Waals surface area contributed by atoms with Gasteiger partial charge in [-0.3, -0.25) is 0 Å². The Morgan fingerprint density at radius 2 is 1.60 bits per heavy atom. The van der Waals surface area contributed by atoms with Gasteiger partial charge in [-0.15, -0.1) is 0 Å². The predicted octanol–water partition coefficient (Wildman–Crippen LogP) is 6.96. The van der Waals surface area contributed by atoms with Gasteiger partial charge in [-0.25, -0.2) is 18.7 Å². The van der Waals surface area contributed by atoms with Crippen LogP contribution in [0.1, 0.15) is 28.7 Å². The Kier molecular flexibility index (Phi) is 7.40. The van der Waals surface area contributed by atoms with E-state index < -0.39 is 23.4 Å². The fourth-order valence-corrected chi connectivity index (χ4v) is 3.95. The molecular weight excluding hydrogens is 463 g/mol. The molecule has 0 fully saturated rings. The van der Waals surface area contributed by atoms with Crippen LogP contribution in [-0.4, -0.2) is 23.7 Å². The maximum atomic E-state index is 15.1. The first-order valence-electron chi connectivity index (χ1n) is 11.1. The molecule has 0 N–H and O–H groups in total. The molecule has 4 aromatic rings. The Bertz CT molecular complexity index is 1320. The summed E-state index contributed by atoms with van der Waals surface area (Å²) in [6.07, 6.45) is 0.931. The lowest BCUT2D eigenvalue weighted by molar-refractivity contribution is -0.140. The van der Waals surface area contributed by atoms with Gasteiger partial charge in [0.1, 0.15) is 11.6 Å². The zero-order valence-corrected chi connectivity index (χ0v) is 19.0. The molecule has 4 rings (SSSR count). The first kappa shape index (κ1) is 24.7. The van der Waals surface area contributed by atoms with E-state index in [0.29, 0.717) is 34.3 Å². The summed E-state index contributed by atoms with van der Waals surface area (Å²) in [6.45, 7) is 0.668. The van der Waals surface area contributed by atoms with Crippen LogP contribution in [0.4, 0.5) is 22.0 Å². The Morgan fingerprint density at radius 3 is 2.29 bits per heavy atom. The molecule has 0 amide bonds. The lowest BCUT2D eigenvalue weighted by Gasteiger charge is -2.11. The van der Waals surface area contributed by atoms with Gasteiger partial charge in [0, 0.05) is 37.1 Å². The van der Waals surface area contributed by atoms with Gasteiger partial charge in [0.2, 0.25) is 0 Å². The highest BCUT2D eigenvalue weighted by molar-refractivity contribution is 5.87. The van der Waals surface area contributed by atoms with Gasteiger partial charge in [0.15, 0.2) is 5.82 Å². The van der Waals surface area contributed by atoms with Gasteiger partial charge in [-0.2, -0.15) is 13.2 Å². The molecule has 0 unspecified atom stereocenters. The normalized spacial score (nSPS) is 11.8. The van der Waals surface area contributed by atoms with Gasteiger partial charge < -0.3 is 4.74 Å². The number of aromatic nitrogens is 2. The number of ether oxygens (including phenoxy) is 1. The molecule has 0 saturated carbocycles. The molecule has 0 saturated heterocycles. The first-order chi connectivity index (χ1) is 16.8. The summed E-state index contributed by atoms with van der Waals surface area (Å²) in [7, 11) is 1.66. The average Bonchev–Trinajstić information content (AvgIpc) is 2.83. The van der Waals surface area contributed by atoms with Crippen molar-refractivity contribution in [3.8, 4) is 11.4 Å². The maximum absolute atomic E-state index is 15.1. The average molecular weight is 486 g/mol.